The number of hydrogen-bond acceptors (Lipinski definition) is 4. The van der Waals surface area contributed by atoms with Crippen molar-refractivity contribution in [3.05, 3.63) is 48.3 Å². The van der Waals surface area contributed by atoms with Crippen molar-refractivity contribution in [2.45, 2.75) is 12.5 Å². The Kier molecular flexibility index (Phi) is 4.32. The molecule has 0 saturated carbocycles. The molecule has 1 aromatic rings. The highest BCUT2D eigenvalue weighted by Gasteiger charge is 2.24. The van der Waals surface area contributed by atoms with Crippen molar-refractivity contribution in [2.75, 3.05) is 0 Å². The predicted octanol–water partition coefficient (Wildman–Crippen LogP) is 0.598. The van der Waals surface area contributed by atoms with Crippen molar-refractivity contribution in [3.8, 4) is 0 Å². The summed E-state index contributed by atoms with van der Waals surface area (Å²) in [6, 6.07) is 8.06. The molecule has 100 valence electrons. The summed E-state index contributed by atoms with van der Waals surface area (Å²) in [6.07, 6.45) is 5.13. The number of aliphatic carboxylic acids is 1. The molecule has 20 heavy (non-hydrogen) atoms. The topological polar surface area (TPSA) is 91.1 Å². The highest BCUT2D eigenvalue weighted by Crippen LogP contribution is 2.03. The van der Waals surface area contributed by atoms with Crippen molar-refractivity contribution < 1.29 is 14.7 Å². The van der Waals surface area contributed by atoms with Crippen LogP contribution in [0, 0.1) is 6.20 Å². The molecule has 0 bridgehead atoms. The summed E-state index contributed by atoms with van der Waals surface area (Å²) in [7, 11) is 0. The van der Waals surface area contributed by atoms with Crippen LogP contribution in [-0.4, -0.2) is 35.0 Å². The Labute approximate surface area is 115 Å². The number of carboxylic acid groups (broad SMARTS) is 1. The second-order valence-electron chi connectivity index (χ2n) is 4.08. The van der Waals surface area contributed by atoms with Gasteiger partial charge in [0.15, 0.2) is 6.20 Å². The third-order valence-electron chi connectivity index (χ3n) is 2.64. The minimum Gasteiger partial charge on any atom is -0.480 e. The molecular weight excluding hydrogens is 258 g/mol. The van der Waals surface area contributed by atoms with E-state index in [9.17, 15) is 14.7 Å². The summed E-state index contributed by atoms with van der Waals surface area (Å²) in [6.45, 7) is 0. The number of carbonyl (C=O) groups is 2. The summed E-state index contributed by atoms with van der Waals surface area (Å²) in [5.74, 6) is -1.67. The monoisotopic (exact) mass is 270 g/mol. The molecular formula is C14H12N3O3+. The van der Waals surface area contributed by atoms with E-state index in [1.54, 1.807) is 12.1 Å². The SMILES string of the molecule is O=C(N[C@@H](Cc1ccccc1)C(=O)O)C1=NC=[C+]N=C1. The normalized spacial score (nSPS) is 14.1. The van der Waals surface area contributed by atoms with Crippen molar-refractivity contribution in [2.24, 2.45) is 9.98 Å². The van der Waals surface area contributed by atoms with Crippen molar-refractivity contribution in [1.29, 1.82) is 0 Å². The highest BCUT2D eigenvalue weighted by molar-refractivity contribution is 6.61. The molecule has 0 saturated heterocycles. The third kappa shape index (κ3) is 3.57. The zero-order valence-corrected chi connectivity index (χ0v) is 10.5. The Hall–Kier alpha value is -2.85. The van der Waals surface area contributed by atoms with Crippen LogP contribution < -0.4 is 5.32 Å². The average Bonchev–Trinajstić information content (AvgIpc) is 2.48. The van der Waals surface area contributed by atoms with Gasteiger partial charge in [-0.25, -0.2) is 4.79 Å². The number of rotatable bonds is 5. The Bertz CT molecular complexity index is 591. The van der Waals surface area contributed by atoms with Gasteiger partial charge in [0, 0.05) is 6.42 Å². The first kappa shape index (κ1) is 13.6. The first-order valence-corrected chi connectivity index (χ1v) is 5.92. The maximum Gasteiger partial charge on any atom is 0.326 e. The van der Waals surface area contributed by atoms with Gasteiger partial charge in [0.05, 0.1) is 0 Å². The average molecular weight is 270 g/mol. The molecule has 2 rings (SSSR count). The summed E-state index contributed by atoms with van der Waals surface area (Å²) in [4.78, 5) is 30.5. The van der Waals surface area contributed by atoms with Gasteiger partial charge < -0.3 is 10.4 Å². The fourth-order valence-corrected chi connectivity index (χ4v) is 1.66. The van der Waals surface area contributed by atoms with Crippen LogP contribution in [0.25, 0.3) is 0 Å². The van der Waals surface area contributed by atoms with E-state index in [4.69, 9.17) is 0 Å². The van der Waals surface area contributed by atoms with Crippen LogP contribution in [0.5, 0.6) is 0 Å². The largest absolute Gasteiger partial charge is 0.480 e. The van der Waals surface area contributed by atoms with Crippen LogP contribution in [0.1, 0.15) is 5.56 Å². The number of benzene rings is 1. The molecule has 1 aliphatic heterocycles. The van der Waals surface area contributed by atoms with Crippen LogP contribution in [0.3, 0.4) is 0 Å². The fraction of sp³-hybridized carbons (Fsp3) is 0.143. The highest BCUT2D eigenvalue weighted by atomic mass is 16.4. The van der Waals surface area contributed by atoms with Gasteiger partial charge in [0.1, 0.15) is 6.04 Å². The summed E-state index contributed by atoms with van der Waals surface area (Å²) < 4.78 is 0. The van der Waals surface area contributed by atoms with E-state index < -0.39 is 17.9 Å². The third-order valence-corrected chi connectivity index (χ3v) is 2.64. The van der Waals surface area contributed by atoms with Gasteiger partial charge in [-0.2, -0.15) is 4.99 Å². The summed E-state index contributed by atoms with van der Waals surface area (Å²) in [5, 5.41) is 11.6. The van der Waals surface area contributed by atoms with Crippen LogP contribution in [0.15, 0.2) is 46.5 Å². The van der Waals surface area contributed by atoms with Crippen LogP contribution >= 0.6 is 0 Å². The molecule has 0 radical (unpaired) electrons. The molecule has 0 aliphatic carbocycles. The Morgan fingerprint density at radius 1 is 1.30 bits per heavy atom. The number of nitrogens with one attached hydrogen (secondary N) is 1. The molecule has 0 spiro atoms. The zero-order valence-electron chi connectivity index (χ0n) is 10.5. The maximum absolute atomic E-state index is 11.9. The molecule has 1 heterocycles. The van der Waals surface area contributed by atoms with E-state index >= 15 is 0 Å². The van der Waals surface area contributed by atoms with Gasteiger partial charge in [0.2, 0.25) is 18.1 Å². The van der Waals surface area contributed by atoms with E-state index in [1.165, 1.54) is 12.4 Å². The minimum absolute atomic E-state index is 0.0584. The van der Waals surface area contributed by atoms with Crippen molar-refractivity contribution in [1.82, 2.24) is 5.32 Å². The molecule has 1 atom stereocenters. The number of carboxylic acids is 1. The number of carbonyl (C=O) groups excluding carboxylic acids is 1. The zero-order chi connectivity index (χ0) is 14.4. The van der Waals surface area contributed by atoms with Gasteiger partial charge in [-0.15, -0.1) is 0 Å². The maximum atomic E-state index is 11.9. The lowest BCUT2D eigenvalue weighted by Gasteiger charge is -2.13. The molecule has 6 heteroatoms. The number of amides is 1. The summed E-state index contributed by atoms with van der Waals surface area (Å²) >= 11 is 0. The van der Waals surface area contributed by atoms with Gasteiger partial charge in [-0.05, 0) is 10.6 Å². The standard InChI is InChI=1S/C14H11N3O3/c18-13(12-9-15-6-7-16-12)17-11(14(19)20)8-10-4-2-1-3-5-10/h1-5,7,9,11H,8H2,(H-,17,18,19,20)/p+1/t11-/m0/s1. The second kappa shape index (κ2) is 6.36. The Morgan fingerprint density at radius 3 is 2.65 bits per heavy atom. The Balaban J connectivity index is 2.05. The number of nitrogens with zero attached hydrogens (tertiary/aromatic N) is 2. The van der Waals surface area contributed by atoms with E-state index in [-0.39, 0.29) is 12.1 Å². The van der Waals surface area contributed by atoms with E-state index in [0.717, 1.165) is 5.56 Å². The lowest BCUT2D eigenvalue weighted by Crippen LogP contribution is -2.45. The molecule has 1 amide bonds. The van der Waals surface area contributed by atoms with E-state index in [2.05, 4.69) is 21.5 Å². The molecule has 1 aromatic carbocycles. The molecule has 1 aliphatic rings. The van der Waals surface area contributed by atoms with Crippen LogP contribution in [-0.2, 0) is 16.0 Å². The molecule has 0 fully saturated rings. The van der Waals surface area contributed by atoms with Gasteiger partial charge in [-0.1, -0.05) is 30.3 Å². The number of aliphatic imine (C=N–C) groups is 2. The van der Waals surface area contributed by atoms with E-state index in [0.29, 0.717) is 0 Å². The van der Waals surface area contributed by atoms with E-state index in [1.807, 2.05) is 18.2 Å². The molecule has 0 unspecified atom stereocenters. The first-order chi connectivity index (χ1) is 9.66. The molecule has 2 N–H and O–H groups in total. The Morgan fingerprint density at radius 2 is 2.05 bits per heavy atom. The molecule has 6 nitrogen and oxygen atoms in total. The quantitative estimate of drug-likeness (QED) is 0.767. The van der Waals surface area contributed by atoms with Gasteiger partial charge >= 0.3 is 5.97 Å². The number of hydrogen-bond donors (Lipinski definition) is 2. The summed E-state index contributed by atoms with van der Waals surface area (Å²) in [5.41, 5.74) is 0.885. The lowest BCUT2D eigenvalue weighted by atomic mass is 10.1. The minimum atomic E-state index is -1.10. The second-order valence-corrected chi connectivity index (χ2v) is 4.08. The van der Waals surface area contributed by atoms with Crippen LogP contribution in [0.4, 0.5) is 0 Å². The smallest absolute Gasteiger partial charge is 0.326 e. The van der Waals surface area contributed by atoms with Crippen molar-refractivity contribution >= 4 is 23.8 Å². The predicted molar refractivity (Wildman–Crippen MR) is 73.5 cm³/mol. The first-order valence-electron chi connectivity index (χ1n) is 5.92. The molecule has 0 aromatic heterocycles. The van der Waals surface area contributed by atoms with Crippen molar-refractivity contribution in [3.63, 3.8) is 0 Å². The lowest BCUT2D eigenvalue weighted by molar-refractivity contribution is -0.140. The fourth-order valence-electron chi connectivity index (χ4n) is 1.66. The van der Waals surface area contributed by atoms with Gasteiger partial charge in [-0.3, -0.25) is 4.79 Å². The van der Waals surface area contributed by atoms with Gasteiger partial charge in [0.25, 0.3) is 5.91 Å². The van der Waals surface area contributed by atoms with Crippen LogP contribution in [0.2, 0.25) is 0 Å².